The summed E-state index contributed by atoms with van der Waals surface area (Å²) in [6, 6.07) is 27.8. The third-order valence-electron chi connectivity index (χ3n) is 5.70. The molecule has 0 saturated heterocycles. The van der Waals surface area contributed by atoms with Gasteiger partial charge in [0.05, 0.1) is 13.0 Å². The van der Waals surface area contributed by atoms with Crippen molar-refractivity contribution in [2.45, 2.75) is 24.9 Å². The highest BCUT2D eigenvalue weighted by Gasteiger charge is 2.29. The minimum Gasteiger partial charge on any atom is -0.481 e. The Balaban J connectivity index is 1.62. The summed E-state index contributed by atoms with van der Waals surface area (Å²) in [4.78, 5) is 10.7. The second-order valence-electron chi connectivity index (χ2n) is 7.64. The first-order valence-corrected chi connectivity index (χ1v) is 10.5. The fourth-order valence-electron chi connectivity index (χ4n) is 4.27. The maximum Gasteiger partial charge on any atom is 0.304 e. The number of carboxylic acid groups (broad SMARTS) is 1. The Bertz CT molecular complexity index is 986. The lowest BCUT2D eigenvalue weighted by Crippen LogP contribution is -2.24. The zero-order chi connectivity index (χ0) is 20.8. The van der Waals surface area contributed by atoms with Crippen molar-refractivity contribution in [2.75, 3.05) is 19.7 Å². The number of fused-ring (bicyclic) bond motifs is 2. The minimum atomic E-state index is -0.790. The Labute approximate surface area is 177 Å². The molecular formula is C26H27NO3. The van der Waals surface area contributed by atoms with E-state index in [1.54, 1.807) is 0 Å². The van der Waals surface area contributed by atoms with E-state index in [2.05, 4.69) is 84.2 Å². The van der Waals surface area contributed by atoms with Crippen molar-refractivity contribution < 1.29 is 14.6 Å². The molecule has 0 heterocycles. The molecule has 154 valence electrons. The number of carbonyl (C=O) groups is 1. The summed E-state index contributed by atoms with van der Waals surface area (Å²) in [7, 11) is 0. The number of hydrogen-bond donors (Lipinski definition) is 2. The van der Waals surface area contributed by atoms with Gasteiger partial charge in [-0.1, -0.05) is 78.9 Å². The van der Waals surface area contributed by atoms with E-state index < -0.39 is 5.97 Å². The Morgan fingerprint density at radius 2 is 1.53 bits per heavy atom. The molecule has 4 rings (SSSR count). The standard InChI is InChI=1S/C26H27NO3/c28-25(29)14-15-27-16-17-30-26-21-11-5-4-10-20(21)18-24(19-8-2-1-3-9-19)22-12-6-7-13-23(22)26/h1-13,24,26-27H,14-18H2,(H,28,29). The molecule has 0 radical (unpaired) electrons. The van der Waals surface area contributed by atoms with Crippen molar-refractivity contribution in [3.05, 3.63) is 107 Å². The summed E-state index contributed by atoms with van der Waals surface area (Å²) in [6.07, 6.45) is 0.925. The highest BCUT2D eigenvalue weighted by atomic mass is 16.5. The van der Waals surface area contributed by atoms with E-state index in [1.807, 2.05) is 0 Å². The van der Waals surface area contributed by atoms with Gasteiger partial charge in [0.15, 0.2) is 0 Å². The van der Waals surface area contributed by atoms with Crippen LogP contribution in [0.4, 0.5) is 0 Å². The van der Waals surface area contributed by atoms with Crippen LogP contribution in [0.15, 0.2) is 78.9 Å². The van der Waals surface area contributed by atoms with Crippen molar-refractivity contribution >= 4 is 5.97 Å². The Hall–Kier alpha value is -2.95. The summed E-state index contributed by atoms with van der Waals surface area (Å²) in [5, 5.41) is 11.9. The second-order valence-corrected chi connectivity index (χ2v) is 7.64. The molecule has 3 aromatic carbocycles. The molecule has 1 aliphatic rings. The Morgan fingerprint density at radius 3 is 2.30 bits per heavy atom. The first kappa shape index (κ1) is 20.3. The number of aliphatic carboxylic acids is 1. The van der Waals surface area contributed by atoms with Crippen LogP contribution < -0.4 is 5.32 Å². The number of benzene rings is 3. The van der Waals surface area contributed by atoms with Crippen molar-refractivity contribution in [1.29, 1.82) is 0 Å². The predicted molar refractivity (Wildman–Crippen MR) is 118 cm³/mol. The van der Waals surface area contributed by atoms with Crippen LogP contribution in [0.3, 0.4) is 0 Å². The molecule has 3 aromatic rings. The van der Waals surface area contributed by atoms with Gasteiger partial charge in [0.1, 0.15) is 6.10 Å². The lowest BCUT2D eigenvalue weighted by Gasteiger charge is -2.22. The molecule has 0 saturated carbocycles. The molecule has 0 spiro atoms. The molecule has 0 amide bonds. The van der Waals surface area contributed by atoms with Gasteiger partial charge in [-0.25, -0.2) is 0 Å². The van der Waals surface area contributed by atoms with Crippen LogP contribution in [0, 0.1) is 0 Å². The summed E-state index contributed by atoms with van der Waals surface area (Å²) in [5.74, 6) is -0.507. The molecule has 0 fully saturated rings. The van der Waals surface area contributed by atoms with Crippen molar-refractivity contribution in [1.82, 2.24) is 5.32 Å². The van der Waals surface area contributed by atoms with Crippen molar-refractivity contribution in [3.63, 3.8) is 0 Å². The number of carboxylic acids is 1. The third kappa shape index (κ3) is 4.61. The highest BCUT2D eigenvalue weighted by Crippen LogP contribution is 2.42. The number of hydrogen-bond acceptors (Lipinski definition) is 3. The van der Waals surface area contributed by atoms with E-state index in [0.717, 1.165) is 6.42 Å². The van der Waals surface area contributed by atoms with Crippen LogP contribution in [0.1, 0.15) is 46.3 Å². The number of ether oxygens (including phenoxy) is 1. The number of rotatable bonds is 8. The molecular weight excluding hydrogens is 374 g/mol. The monoisotopic (exact) mass is 401 g/mol. The molecule has 2 N–H and O–H groups in total. The van der Waals surface area contributed by atoms with E-state index >= 15 is 0 Å². The average Bonchev–Trinajstić information content (AvgIpc) is 2.91. The quantitative estimate of drug-likeness (QED) is 0.544. The van der Waals surface area contributed by atoms with E-state index in [0.29, 0.717) is 19.7 Å². The molecule has 30 heavy (non-hydrogen) atoms. The molecule has 4 nitrogen and oxygen atoms in total. The fourth-order valence-corrected chi connectivity index (χ4v) is 4.27. The van der Waals surface area contributed by atoms with Gasteiger partial charge in [0.25, 0.3) is 0 Å². The summed E-state index contributed by atoms with van der Waals surface area (Å²) >= 11 is 0. The summed E-state index contributed by atoms with van der Waals surface area (Å²) < 4.78 is 6.40. The molecule has 1 aliphatic carbocycles. The van der Waals surface area contributed by atoms with E-state index in [1.165, 1.54) is 27.8 Å². The predicted octanol–water partition coefficient (Wildman–Crippen LogP) is 4.54. The topological polar surface area (TPSA) is 58.6 Å². The maximum atomic E-state index is 10.7. The summed E-state index contributed by atoms with van der Waals surface area (Å²) in [5.41, 5.74) is 6.36. The second kappa shape index (κ2) is 9.70. The van der Waals surface area contributed by atoms with Gasteiger partial charge in [-0.2, -0.15) is 0 Å². The zero-order valence-corrected chi connectivity index (χ0v) is 17.0. The van der Waals surface area contributed by atoms with Gasteiger partial charge in [0, 0.05) is 19.0 Å². The van der Waals surface area contributed by atoms with Crippen LogP contribution >= 0.6 is 0 Å². The van der Waals surface area contributed by atoms with Crippen LogP contribution in [-0.4, -0.2) is 30.8 Å². The van der Waals surface area contributed by atoms with E-state index in [4.69, 9.17) is 9.84 Å². The van der Waals surface area contributed by atoms with Crippen LogP contribution in [0.5, 0.6) is 0 Å². The lowest BCUT2D eigenvalue weighted by atomic mass is 9.85. The largest absolute Gasteiger partial charge is 0.481 e. The first-order chi connectivity index (χ1) is 14.7. The lowest BCUT2D eigenvalue weighted by molar-refractivity contribution is -0.136. The van der Waals surface area contributed by atoms with Crippen molar-refractivity contribution in [2.24, 2.45) is 0 Å². The molecule has 2 unspecified atom stereocenters. The van der Waals surface area contributed by atoms with Crippen molar-refractivity contribution in [3.8, 4) is 0 Å². The molecule has 0 bridgehead atoms. The van der Waals surface area contributed by atoms with Gasteiger partial charge >= 0.3 is 5.97 Å². The Morgan fingerprint density at radius 1 is 0.867 bits per heavy atom. The highest BCUT2D eigenvalue weighted by molar-refractivity contribution is 5.66. The Kier molecular flexibility index (Phi) is 6.57. The van der Waals surface area contributed by atoms with Crippen LogP contribution in [-0.2, 0) is 16.0 Å². The van der Waals surface area contributed by atoms with E-state index in [-0.39, 0.29) is 18.4 Å². The van der Waals surface area contributed by atoms with Gasteiger partial charge in [0.2, 0.25) is 0 Å². The minimum absolute atomic E-state index is 0.119. The molecule has 2 atom stereocenters. The SMILES string of the molecule is O=C(O)CCNCCOC1c2ccccc2CC(c2ccccc2)c2ccccc21. The van der Waals surface area contributed by atoms with Gasteiger partial charge in [-0.05, 0) is 34.2 Å². The van der Waals surface area contributed by atoms with Crippen LogP contribution in [0.25, 0.3) is 0 Å². The molecule has 4 heteroatoms. The van der Waals surface area contributed by atoms with Gasteiger partial charge in [-0.15, -0.1) is 0 Å². The first-order valence-electron chi connectivity index (χ1n) is 10.5. The molecule has 0 aliphatic heterocycles. The number of nitrogens with one attached hydrogen (secondary N) is 1. The van der Waals surface area contributed by atoms with E-state index in [9.17, 15) is 4.79 Å². The fraction of sp³-hybridized carbons (Fsp3) is 0.269. The smallest absolute Gasteiger partial charge is 0.304 e. The summed E-state index contributed by atoms with van der Waals surface area (Å²) in [6.45, 7) is 1.59. The third-order valence-corrected chi connectivity index (χ3v) is 5.70. The van der Waals surface area contributed by atoms with Gasteiger partial charge in [-0.3, -0.25) is 4.79 Å². The maximum absolute atomic E-state index is 10.7. The molecule has 0 aromatic heterocycles. The van der Waals surface area contributed by atoms with Gasteiger partial charge < -0.3 is 15.2 Å². The normalized spacial score (nSPS) is 17.6. The van der Waals surface area contributed by atoms with Crippen LogP contribution in [0.2, 0.25) is 0 Å². The zero-order valence-electron chi connectivity index (χ0n) is 17.0. The average molecular weight is 402 g/mol.